The summed E-state index contributed by atoms with van der Waals surface area (Å²) in [5.74, 6) is 0.492. The molecule has 23 heavy (non-hydrogen) atoms. The molecule has 0 unspecified atom stereocenters. The minimum absolute atomic E-state index is 0.304. The van der Waals surface area contributed by atoms with Crippen molar-refractivity contribution in [1.82, 2.24) is 0 Å². The van der Waals surface area contributed by atoms with Crippen LogP contribution < -0.4 is 9.47 Å². The molecule has 0 saturated heterocycles. The van der Waals surface area contributed by atoms with Crippen LogP contribution in [0.15, 0.2) is 34.8 Å². The first kappa shape index (κ1) is 18.1. The van der Waals surface area contributed by atoms with E-state index in [0.717, 1.165) is 12.0 Å². The molecular formula is C17H15BrCl2O3. The van der Waals surface area contributed by atoms with E-state index >= 15 is 0 Å². The molecule has 0 saturated carbocycles. The van der Waals surface area contributed by atoms with E-state index in [-0.39, 0.29) is 0 Å². The van der Waals surface area contributed by atoms with Crippen molar-refractivity contribution < 1.29 is 14.3 Å². The predicted octanol–water partition coefficient (Wildman–Crippen LogP) is 6.07. The fourth-order valence-electron chi connectivity index (χ4n) is 1.80. The van der Waals surface area contributed by atoms with Gasteiger partial charge in [-0.25, -0.2) is 4.79 Å². The van der Waals surface area contributed by atoms with E-state index in [9.17, 15) is 4.79 Å². The standard InChI is InChI=1S/C17H15BrCl2O3/c1-3-6-22-16-5-4-11(7-13(16)18)17(21)23-12-8-14(19)10(2)15(20)9-12/h4-5,7-9H,3,6H2,1-2H3. The Kier molecular flexibility index (Phi) is 6.33. The van der Waals surface area contributed by atoms with Gasteiger partial charge >= 0.3 is 5.97 Å². The van der Waals surface area contributed by atoms with Crippen LogP contribution in [-0.2, 0) is 0 Å². The number of ether oxygens (including phenoxy) is 2. The summed E-state index contributed by atoms with van der Waals surface area (Å²) >= 11 is 15.5. The number of hydrogen-bond acceptors (Lipinski definition) is 3. The van der Waals surface area contributed by atoms with Crippen molar-refractivity contribution in [3.05, 3.63) is 56.0 Å². The number of halogens is 3. The van der Waals surface area contributed by atoms with Gasteiger partial charge < -0.3 is 9.47 Å². The van der Waals surface area contributed by atoms with Crippen LogP contribution in [0.4, 0.5) is 0 Å². The summed E-state index contributed by atoms with van der Waals surface area (Å²) in [5, 5.41) is 0.898. The monoisotopic (exact) mass is 416 g/mol. The van der Waals surface area contributed by atoms with E-state index in [4.69, 9.17) is 32.7 Å². The van der Waals surface area contributed by atoms with E-state index in [0.29, 0.717) is 38.2 Å². The normalized spacial score (nSPS) is 10.5. The molecule has 2 rings (SSSR count). The zero-order valence-electron chi connectivity index (χ0n) is 12.7. The van der Waals surface area contributed by atoms with Crippen molar-refractivity contribution in [1.29, 1.82) is 0 Å². The molecule has 122 valence electrons. The minimum Gasteiger partial charge on any atom is -0.492 e. The molecule has 2 aromatic carbocycles. The summed E-state index contributed by atoms with van der Waals surface area (Å²) in [6.45, 7) is 4.43. The first-order chi connectivity index (χ1) is 10.9. The number of carbonyl (C=O) groups excluding carboxylic acids is 1. The number of carbonyl (C=O) groups is 1. The molecule has 0 aliphatic carbocycles. The number of benzene rings is 2. The van der Waals surface area contributed by atoms with Crippen molar-refractivity contribution in [2.45, 2.75) is 20.3 Å². The van der Waals surface area contributed by atoms with Crippen LogP contribution in [0.2, 0.25) is 10.0 Å². The Morgan fingerprint density at radius 1 is 1.17 bits per heavy atom. The van der Waals surface area contributed by atoms with Crippen LogP contribution in [0.5, 0.6) is 11.5 Å². The first-order valence-electron chi connectivity index (χ1n) is 7.02. The average molecular weight is 418 g/mol. The maximum absolute atomic E-state index is 12.2. The molecule has 0 aliphatic heterocycles. The van der Waals surface area contributed by atoms with E-state index in [1.807, 2.05) is 6.92 Å². The summed E-state index contributed by atoms with van der Waals surface area (Å²) in [6, 6.07) is 8.16. The second kappa shape index (κ2) is 8.04. The molecule has 0 atom stereocenters. The van der Waals surface area contributed by atoms with Gasteiger partial charge in [0.25, 0.3) is 0 Å². The van der Waals surface area contributed by atoms with Crippen LogP contribution in [0.25, 0.3) is 0 Å². The molecule has 0 amide bonds. The minimum atomic E-state index is -0.497. The van der Waals surface area contributed by atoms with Crippen molar-refractivity contribution in [3.8, 4) is 11.5 Å². The smallest absolute Gasteiger partial charge is 0.343 e. The third kappa shape index (κ3) is 4.63. The molecule has 2 aromatic rings. The zero-order valence-corrected chi connectivity index (χ0v) is 15.8. The summed E-state index contributed by atoms with van der Waals surface area (Å²) in [7, 11) is 0. The van der Waals surface area contributed by atoms with Crippen molar-refractivity contribution in [3.63, 3.8) is 0 Å². The second-order valence-corrected chi connectivity index (χ2v) is 6.56. The lowest BCUT2D eigenvalue weighted by molar-refractivity contribution is 0.0734. The maximum atomic E-state index is 12.2. The molecule has 0 spiro atoms. The van der Waals surface area contributed by atoms with E-state index in [2.05, 4.69) is 15.9 Å². The molecule has 0 heterocycles. The highest BCUT2D eigenvalue weighted by Gasteiger charge is 2.13. The van der Waals surface area contributed by atoms with Crippen LogP contribution >= 0.6 is 39.1 Å². The maximum Gasteiger partial charge on any atom is 0.343 e. The van der Waals surface area contributed by atoms with Crippen molar-refractivity contribution in [2.75, 3.05) is 6.61 Å². The molecule has 0 radical (unpaired) electrons. The topological polar surface area (TPSA) is 35.5 Å². The number of hydrogen-bond donors (Lipinski definition) is 0. The van der Waals surface area contributed by atoms with Crippen molar-refractivity contribution >= 4 is 45.1 Å². The Balaban J connectivity index is 2.16. The van der Waals surface area contributed by atoms with Gasteiger partial charge in [-0.1, -0.05) is 30.1 Å². The highest BCUT2D eigenvalue weighted by molar-refractivity contribution is 9.10. The lowest BCUT2D eigenvalue weighted by atomic mass is 10.2. The van der Waals surface area contributed by atoms with Gasteiger partial charge in [0.15, 0.2) is 0 Å². The molecule has 6 heteroatoms. The summed E-state index contributed by atoms with van der Waals surface area (Å²) in [4.78, 5) is 12.2. The molecule has 0 N–H and O–H groups in total. The Morgan fingerprint density at radius 2 is 1.83 bits per heavy atom. The lowest BCUT2D eigenvalue weighted by Crippen LogP contribution is -2.09. The van der Waals surface area contributed by atoms with Crippen LogP contribution in [0.3, 0.4) is 0 Å². The fourth-order valence-corrected chi connectivity index (χ4v) is 2.76. The molecular weight excluding hydrogens is 403 g/mol. The third-order valence-electron chi connectivity index (χ3n) is 3.09. The van der Waals surface area contributed by atoms with Crippen molar-refractivity contribution in [2.24, 2.45) is 0 Å². The van der Waals surface area contributed by atoms with E-state index < -0.39 is 5.97 Å². The Labute approximate surface area is 153 Å². The second-order valence-electron chi connectivity index (χ2n) is 4.90. The van der Waals surface area contributed by atoms with Gasteiger partial charge in [0.2, 0.25) is 0 Å². The van der Waals surface area contributed by atoms with Gasteiger partial charge in [0.1, 0.15) is 11.5 Å². The van der Waals surface area contributed by atoms with Crippen LogP contribution in [-0.4, -0.2) is 12.6 Å². The predicted molar refractivity (Wildman–Crippen MR) is 96.1 cm³/mol. The largest absolute Gasteiger partial charge is 0.492 e. The van der Waals surface area contributed by atoms with Crippen LogP contribution in [0, 0.1) is 6.92 Å². The van der Waals surface area contributed by atoms with E-state index in [1.165, 1.54) is 0 Å². The Hall–Kier alpha value is -1.23. The number of rotatable bonds is 5. The molecule has 0 aliphatic rings. The zero-order chi connectivity index (χ0) is 17.0. The van der Waals surface area contributed by atoms with Gasteiger partial charge in [0.05, 0.1) is 16.6 Å². The lowest BCUT2D eigenvalue weighted by Gasteiger charge is -2.10. The van der Waals surface area contributed by atoms with Gasteiger partial charge in [-0.15, -0.1) is 0 Å². The first-order valence-corrected chi connectivity index (χ1v) is 8.57. The summed E-state index contributed by atoms with van der Waals surface area (Å²) < 4.78 is 11.6. The van der Waals surface area contributed by atoms with Gasteiger partial charge in [0, 0.05) is 10.0 Å². The SMILES string of the molecule is CCCOc1ccc(C(=O)Oc2cc(Cl)c(C)c(Cl)c2)cc1Br. The quantitative estimate of drug-likeness (QED) is 0.437. The van der Waals surface area contributed by atoms with Crippen LogP contribution in [0.1, 0.15) is 29.3 Å². The fraction of sp³-hybridized carbons (Fsp3) is 0.235. The average Bonchev–Trinajstić information content (AvgIpc) is 2.51. The van der Waals surface area contributed by atoms with Gasteiger partial charge in [-0.05, 0) is 65.2 Å². The highest BCUT2D eigenvalue weighted by atomic mass is 79.9. The van der Waals surface area contributed by atoms with E-state index in [1.54, 1.807) is 37.3 Å². The Morgan fingerprint density at radius 3 is 2.39 bits per heavy atom. The Bertz CT molecular complexity index is 709. The molecule has 0 bridgehead atoms. The highest BCUT2D eigenvalue weighted by Crippen LogP contribution is 2.31. The summed E-state index contributed by atoms with van der Waals surface area (Å²) in [5.41, 5.74) is 1.14. The van der Waals surface area contributed by atoms with Gasteiger partial charge in [-0.2, -0.15) is 0 Å². The number of esters is 1. The molecule has 0 fully saturated rings. The summed E-state index contributed by atoms with van der Waals surface area (Å²) in [6.07, 6.45) is 0.908. The molecule has 0 aromatic heterocycles. The van der Waals surface area contributed by atoms with Gasteiger partial charge in [-0.3, -0.25) is 0 Å². The molecule has 3 nitrogen and oxygen atoms in total. The third-order valence-corrected chi connectivity index (χ3v) is 4.50.